The van der Waals surface area contributed by atoms with Crippen LogP contribution in [0, 0.1) is 11.3 Å². The molecule has 0 amide bonds. The van der Waals surface area contributed by atoms with Crippen LogP contribution < -0.4 is 21.3 Å². The Labute approximate surface area is 437 Å². The Morgan fingerprint density at radius 3 is 2.18 bits per heavy atom. The predicted molar refractivity (Wildman–Crippen MR) is 306 cm³/mol. The molecule has 2 aliphatic heterocycles. The van der Waals surface area contributed by atoms with E-state index in [1.165, 1.54) is 11.1 Å². The largest absolute Gasteiger partial charge is 0.454 e. The number of rotatable bonds is 3. The third-order valence-electron chi connectivity index (χ3n) is 14.5. The summed E-state index contributed by atoms with van der Waals surface area (Å²) < 4.78 is 84.5. The van der Waals surface area contributed by atoms with E-state index in [9.17, 15) is 10.7 Å². The summed E-state index contributed by atoms with van der Waals surface area (Å²) in [7, 11) is 0. The van der Waals surface area contributed by atoms with E-state index in [-0.39, 0.29) is 69.8 Å². The molecular formula is C63H46BN3OS3. The van der Waals surface area contributed by atoms with Crippen molar-refractivity contribution in [2.24, 2.45) is 0 Å². The first-order valence-corrected chi connectivity index (χ1v) is 25.7. The van der Waals surface area contributed by atoms with Gasteiger partial charge in [0.1, 0.15) is 5.58 Å². The molecule has 0 saturated carbocycles. The molecule has 0 spiro atoms. The molecule has 5 heterocycles. The number of hydrogen-bond acceptors (Lipinski definition) is 6. The summed E-state index contributed by atoms with van der Waals surface area (Å²) in [5.74, 6) is 0. The zero-order valence-corrected chi connectivity index (χ0v) is 42.1. The van der Waals surface area contributed by atoms with Gasteiger partial charge < -0.3 is 13.9 Å². The lowest BCUT2D eigenvalue weighted by atomic mass is 9.34. The van der Waals surface area contributed by atoms with Crippen LogP contribution in [0.25, 0.3) is 80.7 Å². The van der Waals surface area contributed by atoms with Crippen LogP contribution in [0.15, 0.2) is 183 Å². The summed E-state index contributed by atoms with van der Waals surface area (Å²) >= 11 is 8.34. The highest BCUT2D eigenvalue weighted by Crippen LogP contribution is 2.53. The molecule has 3 aromatic heterocycles. The van der Waals surface area contributed by atoms with Crippen LogP contribution in [-0.4, -0.2) is 11.3 Å². The minimum atomic E-state index is -0.470. The molecule has 0 unspecified atom stereocenters. The standard InChI is InChI=1S/C63H46BN3OS3/c1-62(2,3)38-28-36(29-39(32-38)63(4,5)6)37-30-49-57-54(31-37)70-53-33-40(66-46-18-10-7-15-41(46)44-27-35(34-65)23-26-47(44)66)24-25-45(53)64(57)58-59(67(49)48-19-11-13-21-51(48)69)60-55(42-16-8-12-20-50(42)68-60)56-43-17-9-14-22-52(43)71-61(56)58/h7-33,69H,1-6H3/i7D,10D,11D,13D,15D,18D,19D,21D. The first-order chi connectivity index (χ1) is 37.7. The quantitative estimate of drug-likeness (QED) is 0.142. The smallest absolute Gasteiger partial charge is 0.251 e. The van der Waals surface area contributed by atoms with E-state index in [1.54, 1.807) is 35.2 Å². The maximum atomic E-state index is 10.1. The molecule has 0 bridgehead atoms. The Morgan fingerprint density at radius 1 is 0.648 bits per heavy atom. The van der Waals surface area contributed by atoms with E-state index in [0.29, 0.717) is 49.9 Å². The van der Waals surface area contributed by atoms with Crippen molar-refractivity contribution in [3.8, 4) is 22.9 Å². The zero-order chi connectivity index (χ0) is 55.2. The van der Waals surface area contributed by atoms with Gasteiger partial charge in [-0.15, -0.1) is 24.0 Å². The maximum Gasteiger partial charge on any atom is 0.251 e. The first-order valence-electron chi connectivity index (χ1n) is 27.6. The van der Waals surface area contributed by atoms with Crippen molar-refractivity contribution >= 4 is 140 Å². The molecule has 0 atom stereocenters. The highest BCUT2D eigenvalue weighted by atomic mass is 32.2. The lowest BCUT2D eigenvalue weighted by Gasteiger charge is -2.41. The Kier molecular flexibility index (Phi) is 7.49. The number of fused-ring (bicyclic) bond motifs is 16. The van der Waals surface area contributed by atoms with Gasteiger partial charge in [0.2, 0.25) is 0 Å². The van der Waals surface area contributed by atoms with Gasteiger partial charge in [-0.2, -0.15) is 5.26 Å². The summed E-state index contributed by atoms with van der Waals surface area (Å²) in [4.78, 5) is 3.96. The van der Waals surface area contributed by atoms with Crippen LogP contribution in [0.1, 0.15) is 69.2 Å². The lowest BCUT2D eigenvalue weighted by Crippen LogP contribution is -2.60. The van der Waals surface area contributed by atoms with Gasteiger partial charge in [0.25, 0.3) is 6.71 Å². The number of nitrogens with zero attached hydrogens (tertiary/aromatic N) is 3. The molecule has 71 heavy (non-hydrogen) atoms. The predicted octanol–water partition coefficient (Wildman–Crippen LogP) is 16.2. The van der Waals surface area contributed by atoms with Gasteiger partial charge in [-0.25, -0.2) is 0 Å². The SMILES string of the molecule is [2H]c1c([2H])c([2H])c(N2c3cc(-c4cc(C(C)(C)C)cc(C(C)(C)C)c4)cc4c3B(c3ccc(-n5c6ccc(C#N)cc6c6c([2H])c([2H])c([2H])c([2H])c65)cc3S4)c3c2c2oc4ccccc4c2c2c3sc3ccccc32)c(S)c1[2H]. The van der Waals surface area contributed by atoms with Crippen molar-refractivity contribution in [2.45, 2.75) is 67.1 Å². The fraction of sp³-hybridized carbons (Fsp3) is 0.127. The van der Waals surface area contributed by atoms with E-state index in [4.69, 9.17) is 22.5 Å². The highest BCUT2D eigenvalue weighted by Gasteiger charge is 2.45. The number of hydrogen-bond donors (Lipinski definition) is 1. The molecule has 8 heteroatoms. The summed E-state index contributed by atoms with van der Waals surface area (Å²) in [6.45, 7) is 12.9. The van der Waals surface area contributed by atoms with E-state index in [0.717, 1.165) is 73.9 Å². The molecule has 12 aromatic rings. The third-order valence-corrected chi connectivity index (χ3v) is 17.2. The highest BCUT2D eigenvalue weighted by molar-refractivity contribution is 8.00. The van der Waals surface area contributed by atoms with E-state index >= 15 is 0 Å². The molecule has 0 radical (unpaired) electrons. The monoisotopic (exact) mass is 975 g/mol. The van der Waals surface area contributed by atoms with Crippen molar-refractivity contribution in [3.63, 3.8) is 0 Å². The second-order valence-corrected chi connectivity index (χ2v) is 23.3. The van der Waals surface area contributed by atoms with Gasteiger partial charge in [-0.1, -0.05) is 150 Å². The van der Waals surface area contributed by atoms with Crippen LogP contribution in [0.5, 0.6) is 0 Å². The average Bonchev–Trinajstić information content (AvgIpc) is 4.29. The van der Waals surface area contributed by atoms with Crippen LogP contribution in [0.3, 0.4) is 0 Å². The molecule has 0 saturated heterocycles. The summed E-state index contributed by atoms with van der Waals surface area (Å²) in [6.07, 6.45) is 0. The van der Waals surface area contributed by atoms with E-state index in [1.807, 2.05) is 45.9 Å². The van der Waals surface area contributed by atoms with Gasteiger partial charge >= 0.3 is 0 Å². The summed E-state index contributed by atoms with van der Waals surface area (Å²) in [6, 6.07) is 39.1. The molecule has 340 valence electrons. The van der Waals surface area contributed by atoms with E-state index in [2.05, 4.69) is 114 Å². The minimum Gasteiger partial charge on any atom is -0.454 e. The van der Waals surface area contributed by atoms with Crippen LogP contribution in [0.4, 0.5) is 17.1 Å². The third kappa shape index (κ3) is 6.26. The van der Waals surface area contributed by atoms with Crippen LogP contribution >= 0.6 is 35.7 Å². The second kappa shape index (κ2) is 15.2. The van der Waals surface area contributed by atoms with Crippen molar-refractivity contribution in [1.82, 2.24) is 4.57 Å². The molecule has 2 aliphatic rings. The lowest BCUT2D eigenvalue weighted by molar-refractivity contribution is 0.569. The molecule has 0 fully saturated rings. The van der Waals surface area contributed by atoms with Crippen molar-refractivity contribution in [2.75, 3.05) is 4.90 Å². The van der Waals surface area contributed by atoms with Crippen molar-refractivity contribution in [3.05, 3.63) is 180 Å². The second-order valence-electron chi connectivity index (χ2n) is 20.8. The fourth-order valence-corrected chi connectivity index (χ4v) is 13.8. The van der Waals surface area contributed by atoms with Gasteiger partial charge in [0.05, 0.1) is 45.0 Å². The minimum absolute atomic E-state index is 0.0968. The number of para-hydroxylation sites is 3. The Hall–Kier alpha value is -7.15. The number of aromatic nitrogens is 1. The van der Waals surface area contributed by atoms with Gasteiger partial charge in [0.15, 0.2) is 5.58 Å². The van der Waals surface area contributed by atoms with Crippen molar-refractivity contribution < 1.29 is 15.4 Å². The van der Waals surface area contributed by atoms with Gasteiger partial charge in [-0.3, -0.25) is 0 Å². The molecule has 4 nitrogen and oxygen atoms in total. The normalized spacial score (nSPS) is 15.0. The van der Waals surface area contributed by atoms with Crippen LogP contribution in [-0.2, 0) is 10.8 Å². The number of furan rings is 1. The Bertz CT molecular complexity index is 4770. The van der Waals surface area contributed by atoms with E-state index < -0.39 is 6.71 Å². The van der Waals surface area contributed by atoms with Gasteiger partial charge in [-0.05, 0) is 117 Å². The fourth-order valence-electron chi connectivity index (χ4n) is 11.1. The molecule has 14 rings (SSSR count). The molecule has 0 N–H and O–H groups in total. The topological polar surface area (TPSA) is 45.1 Å². The summed E-state index contributed by atoms with van der Waals surface area (Å²) in [5, 5.41) is 14.8. The Balaban J connectivity index is 1.16. The number of benzene rings is 9. The number of thiophene rings is 1. The van der Waals surface area contributed by atoms with Crippen molar-refractivity contribution in [1.29, 1.82) is 5.26 Å². The molecule has 0 aliphatic carbocycles. The first kappa shape index (κ1) is 35.0. The van der Waals surface area contributed by atoms with Gasteiger partial charge in [0, 0.05) is 67.8 Å². The van der Waals surface area contributed by atoms with Crippen LogP contribution in [0.2, 0.25) is 0 Å². The number of nitriles is 1. The number of thiol groups is 1. The summed E-state index contributed by atoms with van der Waals surface area (Å²) in [5.41, 5.74) is 11.5. The number of anilines is 3. The zero-order valence-electron chi connectivity index (χ0n) is 47.6. The Morgan fingerprint density at radius 2 is 1.38 bits per heavy atom. The molecule has 9 aromatic carbocycles. The molecular weight excluding hydrogens is 922 g/mol. The maximum absolute atomic E-state index is 10.1. The average molecular weight is 976 g/mol.